The molecule has 1 rings (SSSR count). The maximum absolute atomic E-state index is 12.3. The molecule has 0 bridgehead atoms. The molecule has 6 nitrogen and oxygen atoms in total. The van der Waals surface area contributed by atoms with Crippen LogP contribution in [-0.2, 0) is 30.2 Å². The topological polar surface area (TPSA) is 78.9 Å². The van der Waals surface area contributed by atoms with Crippen molar-refractivity contribution in [2.75, 3.05) is 21.3 Å². The number of allylic oxidation sites excluding steroid dienone is 1. The summed E-state index contributed by atoms with van der Waals surface area (Å²) in [5.41, 5.74) is -0.844. The van der Waals surface area contributed by atoms with Gasteiger partial charge in [0, 0.05) is 6.42 Å². The molecule has 6 heteroatoms. The molecule has 0 saturated carbocycles. The van der Waals surface area contributed by atoms with Crippen molar-refractivity contribution in [3.05, 3.63) is 48.0 Å². The van der Waals surface area contributed by atoms with Gasteiger partial charge in [-0.1, -0.05) is 24.3 Å². The third-order valence-electron chi connectivity index (χ3n) is 3.56. The summed E-state index contributed by atoms with van der Waals surface area (Å²) in [6.07, 6.45) is 1.39. The lowest BCUT2D eigenvalue weighted by Crippen LogP contribution is -2.43. The van der Waals surface area contributed by atoms with E-state index in [1.54, 1.807) is 24.3 Å². The minimum Gasteiger partial charge on any atom is -0.468 e. The highest BCUT2D eigenvalue weighted by Gasteiger charge is 2.48. The highest BCUT2D eigenvalue weighted by atomic mass is 16.5. The van der Waals surface area contributed by atoms with E-state index in [2.05, 4.69) is 6.58 Å². The number of esters is 3. The van der Waals surface area contributed by atoms with Gasteiger partial charge in [-0.15, -0.1) is 6.58 Å². The summed E-state index contributed by atoms with van der Waals surface area (Å²) in [5.74, 6) is -2.05. The Morgan fingerprint density at radius 3 is 2.09 bits per heavy atom. The second-order valence-electron chi connectivity index (χ2n) is 4.88. The number of ether oxygens (including phenoxy) is 3. The molecule has 0 aliphatic heterocycles. The Bertz CT molecular complexity index is 589. The van der Waals surface area contributed by atoms with Crippen LogP contribution in [0.4, 0.5) is 0 Å². The van der Waals surface area contributed by atoms with Gasteiger partial charge in [0.05, 0.1) is 26.9 Å². The average Bonchev–Trinajstić information content (AvgIpc) is 2.59. The molecule has 1 aromatic carbocycles. The van der Waals surface area contributed by atoms with Crippen molar-refractivity contribution < 1.29 is 28.6 Å². The van der Waals surface area contributed by atoms with E-state index in [-0.39, 0.29) is 18.4 Å². The average molecular weight is 320 g/mol. The van der Waals surface area contributed by atoms with Crippen LogP contribution in [0.1, 0.15) is 22.3 Å². The third kappa shape index (κ3) is 3.77. The Balaban J connectivity index is 3.41. The molecule has 1 aromatic rings. The number of rotatable bonds is 7. The molecule has 0 unspecified atom stereocenters. The molecule has 0 aliphatic carbocycles. The first-order chi connectivity index (χ1) is 11.0. The van der Waals surface area contributed by atoms with Crippen LogP contribution >= 0.6 is 0 Å². The maximum Gasteiger partial charge on any atom is 0.338 e. The van der Waals surface area contributed by atoms with E-state index in [1.807, 2.05) is 0 Å². The van der Waals surface area contributed by atoms with Gasteiger partial charge in [0.1, 0.15) is 0 Å². The molecule has 0 atom stereocenters. The molecule has 0 radical (unpaired) electrons. The first-order valence-electron chi connectivity index (χ1n) is 6.90. The van der Waals surface area contributed by atoms with Crippen molar-refractivity contribution in [2.24, 2.45) is 5.41 Å². The minimum atomic E-state index is -1.60. The third-order valence-corrected chi connectivity index (χ3v) is 3.56. The molecule has 0 saturated heterocycles. The second-order valence-corrected chi connectivity index (χ2v) is 4.88. The van der Waals surface area contributed by atoms with Gasteiger partial charge in [0.25, 0.3) is 0 Å². The molecule has 0 spiro atoms. The summed E-state index contributed by atoms with van der Waals surface area (Å²) in [4.78, 5) is 36.5. The van der Waals surface area contributed by atoms with Crippen molar-refractivity contribution in [1.82, 2.24) is 0 Å². The van der Waals surface area contributed by atoms with Crippen LogP contribution in [0.2, 0.25) is 0 Å². The van der Waals surface area contributed by atoms with E-state index in [4.69, 9.17) is 14.2 Å². The molecule has 124 valence electrons. The smallest absolute Gasteiger partial charge is 0.338 e. The van der Waals surface area contributed by atoms with E-state index >= 15 is 0 Å². The highest BCUT2D eigenvalue weighted by Crippen LogP contribution is 2.32. The van der Waals surface area contributed by atoms with Gasteiger partial charge in [-0.05, 0) is 18.1 Å². The van der Waals surface area contributed by atoms with Gasteiger partial charge in [-0.2, -0.15) is 0 Å². The molecule has 0 N–H and O–H groups in total. The van der Waals surface area contributed by atoms with E-state index < -0.39 is 23.3 Å². The number of carbonyl (C=O) groups is 3. The second kappa shape index (κ2) is 8.12. The molecule has 0 amide bonds. The lowest BCUT2D eigenvalue weighted by atomic mass is 9.77. The monoisotopic (exact) mass is 320 g/mol. The molecule has 0 fully saturated rings. The number of hydrogen-bond donors (Lipinski definition) is 0. The van der Waals surface area contributed by atoms with Gasteiger partial charge in [-0.25, -0.2) is 4.79 Å². The predicted octanol–water partition coefficient (Wildman–Crippen LogP) is 1.92. The quantitative estimate of drug-likeness (QED) is 0.330. The number of hydrogen-bond acceptors (Lipinski definition) is 6. The van der Waals surface area contributed by atoms with Crippen LogP contribution in [0.15, 0.2) is 36.9 Å². The molecule has 0 aromatic heterocycles. The fraction of sp³-hybridized carbons (Fsp3) is 0.353. The summed E-state index contributed by atoms with van der Waals surface area (Å²) in [6, 6.07) is 6.58. The largest absolute Gasteiger partial charge is 0.468 e. The highest BCUT2D eigenvalue weighted by molar-refractivity contribution is 6.01. The number of carbonyl (C=O) groups excluding carboxylic acids is 3. The van der Waals surface area contributed by atoms with Crippen molar-refractivity contribution >= 4 is 17.9 Å². The molecular formula is C17H20O6. The van der Waals surface area contributed by atoms with Crippen LogP contribution in [0.25, 0.3) is 0 Å². The van der Waals surface area contributed by atoms with Crippen LogP contribution in [0.5, 0.6) is 0 Å². The van der Waals surface area contributed by atoms with Crippen molar-refractivity contribution in [1.29, 1.82) is 0 Å². The van der Waals surface area contributed by atoms with E-state index in [1.165, 1.54) is 27.4 Å². The van der Waals surface area contributed by atoms with Gasteiger partial charge >= 0.3 is 17.9 Å². The zero-order chi connectivity index (χ0) is 17.5. The summed E-state index contributed by atoms with van der Waals surface area (Å²) in [5, 5.41) is 0. The Labute approximate surface area is 135 Å². The van der Waals surface area contributed by atoms with E-state index in [0.29, 0.717) is 5.56 Å². The van der Waals surface area contributed by atoms with Gasteiger partial charge in [-0.3, -0.25) is 9.59 Å². The SMILES string of the molecule is C=CCC(Cc1ccccc1C(=O)OC)(C(=O)OC)C(=O)OC. The van der Waals surface area contributed by atoms with E-state index in [9.17, 15) is 14.4 Å². The summed E-state index contributed by atoms with van der Waals surface area (Å²) in [6.45, 7) is 3.59. The van der Waals surface area contributed by atoms with Crippen molar-refractivity contribution in [2.45, 2.75) is 12.8 Å². The summed E-state index contributed by atoms with van der Waals surface area (Å²) < 4.78 is 14.3. The maximum atomic E-state index is 12.3. The fourth-order valence-corrected chi connectivity index (χ4v) is 2.41. The zero-order valence-corrected chi connectivity index (χ0v) is 13.5. The summed E-state index contributed by atoms with van der Waals surface area (Å²) in [7, 11) is 3.64. The fourth-order valence-electron chi connectivity index (χ4n) is 2.41. The first kappa shape index (κ1) is 18.4. The zero-order valence-electron chi connectivity index (χ0n) is 13.5. The van der Waals surface area contributed by atoms with Crippen molar-refractivity contribution in [3.63, 3.8) is 0 Å². The lowest BCUT2D eigenvalue weighted by Gasteiger charge is -2.27. The van der Waals surface area contributed by atoms with Gasteiger partial charge < -0.3 is 14.2 Å². The Morgan fingerprint density at radius 2 is 1.61 bits per heavy atom. The van der Waals surface area contributed by atoms with Crippen LogP contribution in [-0.4, -0.2) is 39.2 Å². The normalized spacial score (nSPS) is 10.6. The van der Waals surface area contributed by atoms with E-state index in [0.717, 1.165) is 0 Å². The number of benzene rings is 1. The lowest BCUT2D eigenvalue weighted by molar-refractivity contribution is -0.169. The first-order valence-corrected chi connectivity index (χ1v) is 6.90. The molecule has 0 heterocycles. The Morgan fingerprint density at radius 1 is 1.04 bits per heavy atom. The predicted molar refractivity (Wildman–Crippen MR) is 82.8 cm³/mol. The standard InChI is InChI=1S/C17H20O6/c1-5-10-17(15(19)22-3,16(20)23-4)11-12-8-6-7-9-13(12)14(18)21-2/h5-9H,1,10-11H2,2-4H3. The summed E-state index contributed by atoms with van der Waals surface area (Å²) >= 11 is 0. The van der Waals surface area contributed by atoms with Crippen molar-refractivity contribution in [3.8, 4) is 0 Å². The molecule has 0 aliphatic rings. The van der Waals surface area contributed by atoms with Gasteiger partial charge in [0.15, 0.2) is 5.41 Å². The van der Waals surface area contributed by atoms with Crippen LogP contribution in [0.3, 0.4) is 0 Å². The Kier molecular flexibility index (Phi) is 6.50. The Hall–Kier alpha value is -2.63. The van der Waals surface area contributed by atoms with Crippen LogP contribution in [0, 0.1) is 5.41 Å². The van der Waals surface area contributed by atoms with Gasteiger partial charge in [0.2, 0.25) is 0 Å². The molecule has 23 heavy (non-hydrogen) atoms. The number of methoxy groups -OCH3 is 3. The minimum absolute atomic E-state index is 0.0157. The molecular weight excluding hydrogens is 300 g/mol. The van der Waals surface area contributed by atoms with Crippen LogP contribution < -0.4 is 0 Å².